The number of thiophene rings is 2. The van der Waals surface area contributed by atoms with Crippen LogP contribution in [0.1, 0.15) is 0 Å². The Bertz CT molecular complexity index is 2810. The Hall–Kier alpha value is -4.96. The van der Waals surface area contributed by atoms with Gasteiger partial charge in [-0.2, -0.15) is 0 Å². The van der Waals surface area contributed by atoms with E-state index in [-0.39, 0.29) is 0 Å². The lowest BCUT2D eigenvalue weighted by molar-refractivity contribution is 1.21. The van der Waals surface area contributed by atoms with E-state index >= 15 is 0 Å². The lowest BCUT2D eigenvalue weighted by atomic mass is 10.0. The van der Waals surface area contributed by atoms with Gasteiger partial charge in [-0.1, -0.05) is 103 Å². The van der Waals surface area contributed by atoms with Crippen molar-refractivity contribution in [3.8, 4) is 27.9 Å². The molecule has 1 aliphatic rings. The molecule has 10 aromatic rings. The van der Waals surface area contributed by atoms with Crippen LogP contribution in [-0.4, -0.2) is 4.57 Å². The van der Waals surface area contributed by atoms with Crippen molar-refractivity contribution in [2.24, 2.45) is 0 Å². The summed E-state index contributed by atoms with van der Waals surface area (Å²) in [7, 11) is 0. The molecule has 3 heterocycles. The first-order valence-corrected chi connectivity index (χ1v) is 16.3. The molecule has 0 amide bonds. The number of fused-ring (bicyclic) bond motifs is 15. The molecule has 0 radical (unpaired) electrons. The van der Waals surface area contributed by atoms with Crippen molar-refractivity contribution >= 4 is 95.6 Å². The van der Waals surface area contributed by atoms with Gasteiger partial charge in [0, 0.05) is 47.1 Å². The van der Waals surface area contributed by atoms with Crippen LogP contribution in [0.25, 0.3) is 101 Å². The van der Waals surface area contributed by atoms with E-state index in [4.69, 9.17) is 0 Å². The molecule has 3 aromatic heterocycles. The highest BCUT2D eigenvalue weighted by Gasteiger charge is 2.27. The summed E-state index contributed by atoms with van der Waals surface area (Å²) >= 11 is 3.89. The molecule has 7 aromatic carbocycles. The van der Waals surface area contributed by atoms with E-state index in [0.717, 1.165) is 0 Å². The fraction of sp³-hybridized carbons (Fsp3) is 0. The standard InChI is InChI=1S/C40H21NS2/c1-2-11-23-22(10-1)24-15-9-16-26-31(21-20-25(23)34(24)26)41-30-17-6-3-12-27(30)35-36-28-13-4-7-18-32(28)42-39(36)40-37(38(35)41)29-14-5-8-19-33(29)43-40/h1-21H. The molecule has 0 aliphatic heterocycles. The quantitative estimate of drug-likeness (QED) is 0.182. The van der Waals surface area contributed by atoms with E-state index in [1.165, 1.54) is 101 Å². The van der Waals surface area contributed by atoms with Crippen LogP contribution in [-0.2, 0) is 0 Å². The molecule has 43 heavy (non-hydrogen) atoms. The number of aromatic nitrogens is 1. The molecule has 1 aliphatic carbocycles. The summed E-state index contributed by atoms with van der Waals surface area (Å²) in [6.45, 7) is 0. The molecule has 3 heteroatoms. The Labute approximate surface area is 254 Å². The minimum atomic E-state index is 1.25. The lowest BCUT2D eigenvalue weighted by Crippen LogP contribution is -1.96. The van der Waals surface area contributed by atoms with Gasteiger partial charge in [0.05, 0.1) is 26.1 Å². The van der Waals surface area contributed by atoms with Crippen molar-refractivity contribution in [3.05, 3.63) is 127 Å². The van der Waals surface area contributed by atoms with Crippen LogP contribution in [0.4, 0.5) is 0 Å². The van der Waals surface area contributed by atoms with Gasteiger partial charge in [-0.15, -0.1) is 22.7 Å². The summed E-state index contributed by atoms with van der Waals surface area (Å²) in [6, 6.07) is 47.4. The second-order valence-electron chi connectivity index (χ2n) is 11.6. The Kier molecular flexibility index (Phi) is 4.15. The Balaban J connectivity index is 1.44. The monoisotopic (exact) mass is 579 g/mol. The summed E-state index contributed by atoms with van der Waals surface area (Å²) in [5.41, 5.74) is 9.16. The van der Waals surface area contributed by atoms with E-state index in [1.54, 1.807) is 0 Å². The number of para-hydroxylation sites is 1. The molecule has 198 valence electrons. The fourth-order valence-electron chi connectivity index (χ4n) is 7.86. The van der Waals surface area contributed by atoms with Gasteiger partial charge in [-0.25, -0.2) is 0 Å². The van der Waals surface area contributed by atoms with Crippen molar-refractivity contribution in [2.45, 2.75) is 0 Å². The average molecular weight is 580 g/mol. The van der Waals surface area contributed by atoms with Crippen LogP contribution in [0, 0.1) is 0 Å². The van der Waals surface area contributed by atoms with Crippen LogP contribution >= 0.6 is 22.7 Å². The molecule has 0 atom stereocenters. The molecule has 0 bridgehead atoms. The molecular formula is C40H21NS2. The third kappa shape index (κ3) is 2.69. The second kappa shape index (κ2) is 7.90. The predicted molar refractivity (Wildman–Crippen MR) is 188 cm³/mol. The zero-order valence-electron chi connectivity index (χ0n) is 22.9. The maximum atomic E-state index is 2.59. The Morgan fingerprint density at radius 1 is 0.372 bits per heavy atom. The fourth-order valence-corrected chi connectivity index (χ4v) is 10.4. The van der Waals surface area contributed by atoms with Gasteiger partial charge in [-0.05, 0) is 51.9 Å². The molecule has 11 rings (SSSR count). The van der Waals surface area contributed by atoms with Crippen LogP contribution < -0.4 is 0 Å². The first-order chi connectivity index (χ1) is 21.4. The van der Waals surface area contributed by atoms with Gasteiger partial charge in [0.1, 0.15) is 0 Å². The first kappa shape index (κ1) is 22.6. The third-order valence-corrected chi connectivity index (χ3v) is 12.0. The van der Waals surface area contributed by atoms with Gasteiger partial charge >= 0.3 is 0 Å². The number of nitrogens with zero attached hydrogens (tertiary/aromatic N) is 1. The maximum absolute atomic E-state index is 2.59. The zero-order chi connectivity index (χ0) is 27.8. The van der Waals surface area contributed by atoms with E-state index in [9.17, 15) is 0 Å². The smallest absolute Gasteiger partial charge is 0.0641 e. The number of hydrogen-bond acceptors (Lipinski definition) is 2. The molecule has 0 unspecified atom stereocenters. The van der Waals surface area contributed by atoms with Crippen LogP contribution in [0.15, 0.2) is 127 Å². The Morgan fingerprint density at radius 3 is 1.70 bits per heavy atom. The highest BCUT2D eigenvalue weighted by atomic mass is 32.1. The molecule has 0 spiro atoms. The summed E-state index contributed by atoms with van der Waals surface area (Å²) < 4.78 is 8.08. The van der Waals surface area contributed by atoms with Gasteiger partial charge < -0.3 is 4.57 Å². The highest BCUT2D eigenvalue weighted by Crippen LogP contribution is 2.53. The van der Waals surface area contributed by atoms with Crippen molar-refractivity contribution in [1.82, 2.24) is 4.57 Å². The van der Waals surface area contributed by atoms with Crippen molar-refractivity contribution < 1.29 is 0 Å². The molecule has 1 nitrogen and oxygen atoms in total. The lowest BCUT2D eigenvalue weighted by Gasteiger charge is -2.14. The van der Waals surface area contributed by atoms with Crippen molar-refractivity contribution in [2.75, 3.05) is 0 Å². The first-order valence-electron chi connectivity index (χ1n) is 14.7. The third-order valence-electron chi connectivity index (χ3n) is 9.52. The largest absolute Gasteiger partial charge is 0.308 e. The number of hydrogen-bond donors (Lipinski definition) is 0. The van der Waals surface area contributed by atoms with E-state index < -0.39 is 0 Å². The van der Waals surface area contributed by atoms with Gasteiger partial charge in [0.2, 0.25) is 0 Å². The average Bonchev–Trinajstić information content (AvgIpc) is 3.80. The molecule has 0 saturated heterocycles. The summed E-state index contributed by atoms with van der Waals surface area (Å²) in [5, 5.41) is 10.8. The molecule has 0 fully saturated rings. The van der Waals surface area contributed by atoms with E-state index in [1.807, 2.05) is 22.7 Å². The van der Waals surface area contributed by atoms with Crippen LogP contribution in [0.2, 0.25) is 0 Å². The van der Waals surface area contributed by atoms with Gasteiger partial charge in [0.25, 0.3) is 0 Å². The zero-order valence-corrected chi connectivity index (χ0v) is 24.5. The molecular weight excluding hydrogens is 559 g/mol. The minimum Gasteiger partial charge on any atom is -0.308 e. The van der Waals surface area contributed by atoms with Crippen LogP contribution in [0.3, 0.4) is 0 Å². The minimum absolute atomic E-state index is 1.25. The van der Waals surface area contributed by atoms with Gasteiger partial charge in [0.15, 0.2) is 0 Å². The summed E-state index contributed by atoms with van der Waals surface area (Å²) in [5.74, 6) is 0. The summed E-state index contributed by atoms with van der Waals surface area (Å²) in [6.07, 6.45) is 0. The molecule has 0 N–H and O–H groups in total. The van der Waals surface area contributed by atoms with E-state index in [2.05, 4.69) is 132 Å². The van der Waals surface area contributed by atoms with Crippen molar-refractivity contribution in [3.63, 3.8) is 0 Å². The number of benzene rings is 7. The SMILES string of the molecule is c1ccc2c(c1)-c1cccc3c(-n4c5ccccc5c5c6c7ccccc7sc6c6sc7ccccc7c6c54)ccc-2c13. The topological polar surface area (TPSA) is 4.93 Å². The second-order valence-corrected chi connectivity index (χ2v) is 13.7. The van der Waals surface area contributed by atoms with E-state index in [0.29, 0.717) is 0 Å². The Morgan fingerprint density at radius 2 is 0.930 bits per heavy atom. The maximum Gasteiger partial charge on any atom is 0.0641 e. The van der Waals surface area contributed by atoms with Gasteiger partial charge in [-0.3, -0.25) is 0 Å². The number of rotatable bonds is 1. The van der Waals surface area contributed by atoms with Crippen molar-refractivity contribution in [1.29, 1.82) is 0 Å². The normalized spacial score (nSPS) is 12.7. The summed E-state index contributed by atoms with van der Waals surface area (Å²) in [4.78, 5) is 0. The predicted octanol–water partition coefficient (Wildman–Crippen LogP) is 12.3. The molecule has 0 saturated carbocycles. The highest BCUT2D eigenvalue weighted by molar-refractivity contribution is 7.33. The van der Waals surface area contributed by atoms with Crippen LogP contribution in [0.5, 0.6) is 0 Å².